The minimum absolute atomic E-state index is 0.0412. The number of fused-ring (bicyclic) bond motifs is 5. The molecule has 3 N–H and O–H groups in total. The second-order valence-corrected chi connectivity index (χ2v) is 11.3. The molecule has 7 atom stereocenters. The van der Waals surface area contributed by atoms with Crippen molar-refractivity contribution in [1.82, 2.24) is 5.32 Å². The number of hydrogen-bond donors (Lipinski definition) is 3. The molecule has 0 aromatic carbocycles. The molecule has 32 heavy (non-hydrogen) atoms. The summed E-state index contributed by atoms with van der Waals surface area (Å²) in [7, 11) is 0. The van der Waals surface area contributed by atoms with Gasteiger partial charge in [0, 0.05) is 0 Å². The zero-order chi connectivity index (χ0) is 23.3. The third-order valence-corrected chi connectivity index (χ3v) is 9.66. The number of amides is 1. The molecule has 3 fully saturated rings. The minimum Gasteiger partial charge on any atom is -0.480 e. The summed E-state index contributed by atoms with van der Waals surface area (Å²) >= 11 is 0. The molecule has 4 aliphatic carbocycles. The van der Waals surface area contributed by atoms with Gasteiger partial charge in [-0.15, -0.1) is 0 Å². The summed E-state index contributed by atoms with van der Waals surface area (Å²) in [5.74, 6) is 0.371. The predicted molar refractivity (Wildman–Crippen MR) is 121 cm³/mol. The summed E-state index contributed by atoms with van der Waals surface area (Å²) in [6, 6.07) is -0.952. The molecule has 3 saturated carbocycles. The Hall–Kier alpha value is -1.89. The number of carboxylic acids is 1. The minimum atomic E-state index is -1.08. The van der Waals surface area contributed by atoms with Gasteiger partial charge in [-0.1, -0.05) is 24.6 Å². The number of rotatable bonds is 5. The molecule has 0 saturated heterocycles. The fourth-order valence-corrected chi connectivity index (χ4v) is 7.41. The highest BCUT2D eigenvalue weighted by Gasteiger charge is 2.62. The van der Waals surface area contributed by atoms with Crippen molar-refractivity contribution in [3.8, 4) is 0 Å². The predicted octanol–water partition coefficient (Wildman–Crippen LogP) is 3.66. The van der Waals surface area contributed by atoms with Crippen molar-refractivity contribution < 1.29 is 24.6 Å². The van der Waals surface area contributed by atoms with E-state index in [4.69, 9.17) is 9.94 Å². The number of carbonyl (C=O) groups is 2. The van der Waals surface area contributed by atoms with Crippen molar-refractivity contribution in [2.75, 3.05) is 6.61 Å². The number of allylic oxidation sites excluding steroid dienone is 2. The van der Waals surface area contributed by atoms with E-state index in [2.05, 4.69) is 37.3 Å². The van der Waals surface area contributed by atoms with Crippen molar-refractivity contribution in [3.63, 3.8) is 0 Å². The molecule has 0 bridgehead atoms. The van der Waals surface area contributed by atoms with Crippen LogP contribution in [0.25, 0.3) is 0 Å². The lowest BCUT2D eigenvalue weighted by Gasteiger charge is -2.59. The normalized spacial score (nSPS) is 42.8. The Kier molecular flexibility index (Phi) is 5.93. The first kappa shape index (κ1) is 23.3. The molecule has 0 aromatic heterocycles. The zero-order valence-corrected chi connectivity index (χ0v) is 19.8. The molecule has 4 rings (SSSR count). The van der Waals surface area contributed by atoms with E-state index in [1.165, 1.54) is 25.3 Å². The van der Waals surface area contributed by atoms with E-state index in [9.17, 15) is 14.7 Å². The van der Waals surface area contributed by atoms with E-state index in [1.807, 2.05) is 0 Å². The summed E-state index contributed by atoms with van der Waals surface area (Å²) in [5, 5.41) is 26.5. The molecular formula is C25H38N2O5. The third kappa shape index (κ3) is 3.76. The van der Waals surface area contributed by atoms with Crippen LogP contribution in [0.4, 0.5) is 0 Å². The van der Waals surface area contributed by atoms with Gasteiger partial charge in [0.25, 0.3) is 5.91 Å². The van der Waals surface area contributed by atoms with Gasteiger partial charge < -0.3 is 20.4 Å². The number of oxime groups is 1. The molecule has 7 unspecified atom stereocenters. The van der Waals surface area contributed by atoms with Crippen LogP contribution < -0.4 is 5.32 Å². The summed E-state index contributed by atoms with van der Waals surface area (Å²) in [6.45, 7) is 7.92. The van der Waals surface area contributed by atoms with Gasteiger partial charge in [-0.05, 0) is 99.9 Å². The van der Waals surface area contributed by atoms with Gasteiger partial charge in [0.1, 0.15) is 6.04 Å². The van der Waals surface area contributed by atoms with Crippen molar-refractivity contribution in [2.24, 2.45) is 33.7 Å². The fourth-order valence-electron chi connectivity index (χ4n) is 7.41. The molecule has 0 aromatic rings. The van der Waals surface area contributed by atoms with Crippen LogP contribution in [0.1, 0.15) is 79.1 Å². The van der Waals surface area contributed by atoms with Gasteiger partial charge in [-0.3, -0.25) is 9.59 Å². The first-order chi connectivity index (χ1) is 15.0. The van der Waals surface area contributed by atoms with Crippen LogP contribution in [0.5, 0.6) is 0 Å². The number of nitrogens with zero attached hydrogens (tertiary/aromatic N) is 1. The molecule has 0 heterocycles. The van der Waals surface area contributed by atoms with Crippen LogP contribution in [-0.4, -0.2) is 46.1 Å². The molecule has 0 spiro atoms. The number of nitrogens with one attached hydrogen (secondary N) is 1. The second-order valence-electron chi connectivity index (χ2n) is 11.3. The Bertz CT molecular complexity index is 849. The first-order valence-electron chi connectivity index (χ1n) is 12.1. The third-order valence-electron chi connectivity index (χ3n) is 9.66. The van der Waals surface area contributed by atoms with E-state index < -0.39 is 23.5 Å². The molecular weight excluding hydrogens is 408 g/mol. The average Bonchev–Trinajstić information content (AvgIpc) is 2.97. The highest BCUT2D eigenvalue weighted by Crippen LogP contribution is 2.67. The number of carbonyl (C=O) groups excluding carboxylic acids is 1. The molecule has 0 radical (unpaired) electrons. The van der Waals surface area contributed by atoms with Crippen molar-refractivity contribution in [2.45, 2.75) is 90.7 Å². The van der Waals surface area contributed by atoms with Crippen molar-refractivity contribution >= 4 is 17.6 Å². The lowest BCUT2D eigenvalue weighted by molar-refractivity contribution is -0.142. The maximum absolute atomic E-state index is 11.8. The maximum Gasteiger partial charge on any atom is 0.325 e. The summed E-state index contributed by atoms with van der Waals surface area (Å²) in [5.41, 5.74) is 1.98. The van der Waals surface area contributed by atoms with Crippen LogP contribution in [-0.2, 0) is 14.4 Å². The average molecular weight is 447 g/mol. The van der Waals surface area contributed by atoms with Gasteiger partial charge in [0.05, 0.1) is 11.3 Å². The summed E-state index contributed by atoms with van der Waals surface area (Å²) in [4.78, 5) is 27.9. The summed E-state index contributed by atoms with van der Waals surface area (Å²) in [6.07, 6.45) is 10.6. The Morgan fingerprint density at radius 3 is 2.59 bits per heavy atom. The fraction of sp³-hybridized carbons (Fsp3) is 0.800. The zero-order valence-electron chi connectivity index (χ0n) is 19.8. The van der Waals surface area contributed by atoms with E-state index in [-0.39, 0.29) is 17.4 Å². The maximum atomic E-state index is 11.8. The Labute approximate surface area is 190 Å². The van der Waals surface area contributed by atoms with Crippen LogP contribution in [0, 0.1) is 28.6 Å². The smallest absolute Gasteiger partial charge is 0.325 e. The topological polar surface area (TPSA) is 108 Å². The van der Waals surface area contributed by atoms with E-state index >= 15 is 0 Å². The lowest BCUT2D eigenvalue weighted by Crippen LogP contribution is -2.53. The van der Waals surface area contributed by atoms with Crippen LogP contribution in [0.2, 0.25) is 0 Å². The number of hydrogen-bond acceptors (Lipinski definition) is 5. The number of aliphatic carboxylic acids is 1. The van der Waals surface area contributed by atoms with E-state index in [0.717, 1.165) is 44.2 Å². The quantitative estimate of drug-likeness (QED) is 0.559. The lowest BCUT2D eigenvalue weighted by atomic mass is 9.46. The SMILES string of the molecule is CC(NC(=O)CON=C1C=C2CCC3C(CCC4(C)C3CCC4(C)O)C2(C)CC1)C(=O)O. The largest absolute Gasteiger partial charge is 0.480 e. The van der Waals surface area contributed by atoms with Crippen LogP contribution >= 0.6 is 0 Å². The molecule has 1 amide bonds. The van der Waals surface area contributed by atoms with Gasteiger partial charge in [0.2, 0.25) is 0 Å². The summed E-state index contributed by atoms with van der Waals surface area (Å²) < 4.78 is 0. The highest BCUT2D eigenvalue weighted by molar-refractivity contribution is 5.96. The Balaban J connectivity index is 1.42. The van der Waals surface area contributed by atoms with Crippen molar-refractivity contribution in [3.05, 3.63) is 11.6 Å². The Morgan fingerprint density at radius 2 is 1.88 bits per heavy atom. The second kappa shape index (κ2) is 8.15. The van der Waals surface area contributed by atoms with Crippen LogP contribution in [0.15, 0.2) is 16.8 Å². The van der Waals surface area contributed by atoms with Crippen LogP contribution in [0.3, 0.4) is 0 Å². The van der Waals surface area contributed by atoms with Gasteiger partial charge >= 0.3 is 5.97 Å². The first-order valence-corrected chi connectivity index (χ1v) is 12.1. The number of carboxylic acid groups (broad SMARTS) is 1. The van der Waals surface area contributed by atoms with Crippen molar-refractivity contribution in [1.29, 1.82) is 0 Å². The highest BCUT2D eigenvalue weighted by atomic mass is 16.6. The standard InChI is InChI=1S/C25H38N2O5/c1-15(22(29)30)26-21(28)14-32-27-17-7-10-23(2)16(13-17)5-6-18-19(23)8-11-24(3)20(18)9-12-25(24,4)31/h13,15,18-20,31H,5-12,14H2,1-4H3,(H,26,28)(H,29,30). The Morgan fingerprint density at radius 1 is 1.16 bits per heavy atom. The monoisotopic (exact) mass is 446 g/mol. The van der Waals surface area contributed by atoms with Gasteiger partial charge in [-0.2, -0.15) is 0 Å². The van der Waals surface area contributed by atoms with Gasteiger partial charge in [0.15, 0.2) is 6.61 Å². The molecule has 4 aliphatic rings. The van der Waals surface area contributed by atoms with E-state index in [1.54, 1.807) is 0 Å². The molecule has 7 heteroatoms. The van der Waals surface area contributed by atoms with E-state index in [0.29, 0.717) is 17.8 Å². The molecule has 178 valence electrons. The molecule has 0 aliphatic heterocycles. The molecule has 7 nitrogen and oxygen atoms in total. The number of aliphatic hydroxyl groups is 1. The van der Waals surface area contributed by atoms with Gasteiger partial charge in [-0.25, -0.2) is 0 Å².